The lowest BCUT2D eigenvalue weighted by Crippen LogP contribution is -2.18. The van der Waals surface area contributed by atoms with Gasteiger partial charge in [-0.25, -0.2) is 0 Å². The van der Waals surface area contributed by atoms with Crippen LogP contribution in [0.25, 0.3) is 22.0 Å². The average Bonchev–Trinajstić information content (AvgIpc) is 3.17. The molecule has 0 aliphatic rings. The topological polar surface area (TPSA) is 143 Å². The smallest absolute Gasteiger partial charge is 0.254 e. The summed E-state index contributed by atoms with van der Waals surface area (Å²) in [6.45, 7) is 1.85. The Kier molecular flexibility index (Phi) is 5.61. The zero-order valence-electron chi connectivity index (χ0n) is 17.2. The molecule has 10 heteroatoms. The molecule has 2 amide bonds. The van der Waals surface area contributed by atoms with Crippen molar-refractivity contribution in [3.63, 3.8) is 0 Å². The van der Waals surface area contributed by atoms with Gasteiger partial charge in [-0.15, -0.1) is 10.2 Å². The van der Waals surface area contributed by atoms with Gasteiger partial charge in [0.25, 0.3) is 5.91 Å². The summed E-state index contributed by atoms with van der Waals surface area (Å²) in [7, 11) is 1.45. The highest BCUT2D eigenvalue weighted by Crippen LogP contribution is 2.42. The lowest BCUT2D eigenvalue weighted by atomic mass is 10.0. The van der Waals surface area contributed by atoms with Gasteiger partial charge in [0.2, 0.25) is 5.91 Å². The van der Waals surface area contributed by atoms with Crippen LogP contribution >= 0.6 is 11.5 Å². The molecule has 9 nitrogen and oxygen atoms in total. The molecule has 0 bridgehead atoms. The van der Waals surface area contributed by atoms with Crippen molar-refractivity contribution in [1.29, 1.82) is 0 Å². The fourth-order valence-electron chi connectivity index (χ4n) is 3.27. The van der Waals surface area contributed by atoms with Crippen molar-refractivity contribution in [3.05, 3.63) is 65.5 Å². The highest BCUT2D eigenvalue weighted by atomic mass is 32.1. The number of phenols is 1. The number of nitrogens with zero attached hydrogens (tertiary/aromatic N) is 4. The van der Waals surface area contributed by atoms with Crippen LogP contribution in [0.2, 0.25) is 0 Å². The molecule has 0 spiro atoms. The quantitative estimate of drug-likeness (QED) is 0.393. The molecule has 0 aliphatic heterocycles. The second-order valence-electron chi connectivity index (χ2n) is 6.86. The Morgan fingerprint density at radius 2 is 1.97 bits per heavy atom. The highest BCUT2D eigenvalue weighted by molar-refractivity contribution is 7.10. The second-order valence-corrected chi connectivity index (χ2v) is 7.62. The van der Waals surface area contributed by atoms with Gasteiger partial charge in [0.1, 0.15) is 5.69 Å². The van der Waals surface area contributed by atoms with Crippen molar-refractivity contribution < 1.29 is 14.7 Å². The number of phenolic OH excluding ortho intramolecular Hbond substituents is 1. The number of hydrogen-bond donors (Lipinski definition) is 3. The molecule has 0 saturated heterocycles. The number of nitrogens with two attached hydrogens (primary N) is 1. The molecule has 2 heterocycles. The third-order valence-electron chi connectivity index (χ3n) is 4.85. The summed E-state index contributed by atoms with van der Waals surface area (Å²) in [5, 5.41) is 23.4. The number of hydrogen-bond acceptors (Lipinski definition) is 8. The van der Waals surface area contributed by atoms with E-state index in [1.165, 1.54) is 19.2 Å². The Bertz CT molecular complexity index is 1380. The van der Waals surface area contributed by atoms with E-state index < -0.39 is 11.8 Å². The van der Waals surface area contributed by atoms with Crippen molar-refractivity contribution in [3.8, 4) is 17.0 Å². The molecule has 160 valence electrons. The largest absolute Gasteiger partial charge is 0.505 e. The highest BCUT2D eigenvalue weighted by Gasteiger charge is 2.19. The Morgan fingerprint density at radius 1 is 1.16 bits per heavy atom. The number of carbonyl (C=O) groups excluding carboxylic acids is 2. The van der Waals surface area contributed by atoms with Crippen molar-refractivity contribution >= 4 is 44.8 Å². The first-order valence-electron chi connectivity index (χ1n) is 9.51. The molecule has 0 fully saturated rings. The van der Waals surface area contributed by atoms with Crippen molar-refractivity contribution in [2.75, 3.05) is 7.05 Å². The summed E-state index contributed by atoms with van der Waals surface area (Å²) in [5.41, 5.74) is 7.94. The Balaban J connectivity index is 1.90. The van der Waals surface area contributed by atoms with Gasteiger partial charge < -0.3 is 16.2 Å². The third-order valence-corrected chi connectivity index (χ3v) is 5.67. The number of rotatable bonds is 5. The normalized spacial score (nSPS) is 11.2. The number of carbonyl (C=O) groups is 2. The zero-order chi connectivity index (χ0) is 22.8. The van der Waals surface area contributed by atoms with Crippen LogP contribution in [0.3, 0.4) is 0 Å². The van der Waals surface area contributed by atoms with Gasteiger partial charge in [-0.05, 0) is 54.2 Å². The first-order chi connectivity index (χ1) is 15.4. The summed E-state index contributed by atoms with van der Waals surface area (Å²) in [4.78, 5) is 28.3. The maximum absolute atomic E-state index is 12.3. The van der Waals surface area contributed by atoms with Crippen LogP contribution in [-0.2, 0) is 0 Å². The van der Waals surface area contributed by atoms with E-state index in [2.05, 4.69) is 24.9 Å². The summed E-state index contributed by atoms with van der Waals surface area (Å²) in [6.07, 6.45) is 1.68. The first kappa shape index (κ1) is 21.1. The predicted octanol–water partition coefficient (Wildman–Crippen LogP) is 4.25. The molecule has 2 aromatic heterocycles. The fourth-order valence-corrected chi connectivity index (χ4v) is 4.00. The Morgan fingerprint density at radius 3 is 2.66 bits per heavy atom. The van der Waals surface area contributed by atoms with E-state index in [9.17, 15) is 14.7 Å². The molecule has 0 atom stereocenters. The van der Waals surface area contributed by atoms with E-state index in [1.54, 1.807) is 18.3 Å². The molecular weight excluding hydrogens is 428 g/mol. The van der Waals surface area contributed by atoms with Gasteiger partial charge in [0.15, 0.2) is 10.8 Å². The zero-order valence-corrected chi connectivity index (χ0v) is 18.0. The number of aryl methyl sites for hydroxylation is 1. The molecule has 0 unspecified atom stereocenters. The fraction of sp³-hybridized carbons (Fsp3) is 0.0909. The van der Waals surface area contributed by atoms with E-state index >= 15 is 0 Å². The molecule has 4 aromatic rings. The van der Waals surface area contributed by atoms with Crippen LogP contribution in [0.1, 0.15) is 26.4 Å². The third kappa shape index (κ3) is 3.79. The Hall–Kier alpha value is -4.18. The minimum atomic E-state index is -0.607. The lowest BCUT2D eigenvalue weighted by Gasteiger charge is -2.10. The number of azo groups is 1. The summed E-state index contributed by atoms with van der Waals surface area (Å²) >= 11 is 1.15. The van der Waals surface area contributed by atoms with Crippen molar-refractivity contribution in [2.45, 2.75) is 6.92 Å². The Labute approximate surface area is 186 Å². The van der Waals surface area contributed by atoms with Crippen LogP contribution in [0.15, 0.2) is 58.9 Å². The van der Waals surface area contributed by atoms with E-state index in [0.717, 1.165) is 22.8 Å². The second kappa shape index (κ2) is 8.52. The van der Waals surface area contributed by atoms with E-state index in [1.807, 2.05) is 25.1 Å². The lowest BCUT2D eigenvalue weighted by molar-refractivity contribution is 0.0959. The SMILES string of the molecule is CNC(=O)c1cc2cc(C(N)=O)ccc2c(/N=N/c2snc(C)c2-c2ccccn2)c1O. The number of amides is 2. The number of aromatic hydroxyl groups is 1. The molecule has 4 N–H and O–H groups in total. The van der Waals surface area contributed by atoms with Crippen LogP contribution in [0.4, 0.5) is 10.7 Å². The van der Waals surface area contributed by atoms with Crippen LogP contribution < -0.4 is 11.1 Å². The summed E-state index contributed by atoms with van der Waals surface area (Å²) in [6, 6.07) is 11.7. The van der Waals surface area contributed by atoms with Gasteiger partial charge in [0, 0.05) is 24.2 Å². The van der Waals surface area contributed by atoms with Crippen molar-refractivity contribution in [2.24, 2.45) is 16.0 Å². The van der Waals surface area contributed by atoms with Gasteiger partial charge in [0.05, 0.1) is 22.5 Å². The molecule has 2 aromatic carbocycles. The minimum absolute atomic E-state index is 0.000931. The number of nitrogens with one attached hydrogen (secondary N) is 1. The number of benzene rings is 2. The standard InChI is InChI=1S/C22H18N6O3S/c1-11-17(16-5-3-4-8-25-16)22(32-28-11)27-26-18-14-7-6-12(20(23)30)9-13(14)10-15(19(18)29)21(31)24-2/h3-10,29H,1-2H3,(H2,23,30)(H,24,31)/b27-26+. The maximum atomic E-state index is 12.3. The molecule has 0 radical (unpaired) electrons. The molecular formula is C22H18N6O3S. The number of primary amides is 1. The minimum Gasteiger partial charge on any atom is -0.505 e. The van der Waals surface area contributed by atoms with Gasteiger partial charge in [-0.2, -0.15) is 4.37 Å². The van der Waals surface area contributed by atoms with Gasteiger partial charge in [-0.1, -0.05) is 12.1 Å². The molecule has 4 rings (SSSR count). The molecule has 32 heavy (non-hydrogen) atoms. The summed E-state index contributed by atoms with van der Waals surface area (Å²) < 4.78 is 4.35. The average molecular weight is 446 g/mol. The van der Waals surface area contributed by atoms with E-state index in [-0.39, 0.29) is 22.6 Å². The number of fused-ring (bicyclic) bond motifs is 1. The number of aromatic nitrogens is 2. The van der Waals surface area contributed by atoms with Gasteiger partial charge >= 0.3 is 0 Å². The monoisotopic (exact) mass is 446 g/mol. The predicted molar refractivity (Wildman–Crippen MR) is 122 cm³/mol. The van der Waals surface area contributed by atoms with E-state index in [0.29, 0.717) is 21.5 Å². The van der Waals surface area contributed by atoms with E-state index in [4.69, 9.17) is 5.73 Å². The van der Waals surface area contributed by atoms with Crippen molar-refractivity contribution in [1.82, 2.24) is 14.7 Å². The number of pyridine rings is 1. The van der Waals surface area contributed by atoms with Crippen LogP contribution in [0, 0.1) is 6.92 Å². The first-order valence-corrected chi connectivity index (χ1v) is 10.3. The van der Waals surface area contributed by atoms with Crippen LogP contribution in [0.5, 0.6) is 5.75 Å². The van der Waals surface area contributed by atoms with Gasteiger partial charge in [-0.3, -0.25) is 14.6 Å². The van der Waals surface area contributed by atoms with Crippen LogP contribution in [-0.4, -0.2) is 33.3 Å². The summed E-state index contributed by atoms with van der Waals surface area (Å²) in [5.74, 6) is -1.44. The maximum Gasteiger partial charge on any atom is 0.254 e. The molecule has 0 aliphatic carbocycles. The molecule has 0 saturated carbocycles.